The fraction of sp³-hybridized carbons (Fsp3) is 0.800. The van der Waals surface area contributed by atoms with Crippen LogP contribution < -0.4 is 5.73 Å². The Morgan fingerprint density at radius 2 is 2.40 bits per heavy atom. The second kappa shape index (κ2) is 4.61. The van der Waals surface area contributed by atoms with E-state index in [4.69, 9.17) is 5.73 Å². The Labute approximate surface area is 90.2 Å². The van der Waals surface area contributed by atoms with E-state index < -0.39 is 0 Å². The monoisotopic (exact) mass is 209 g/mol. The number of nitrogen functional groups attached to an aromatic ring is 1. The summed E-state index contributed by atoms with van der Waals surface area (Å²) in [6.45, 7) is 2.09. The summed E-state index contributed by atoms with van der Waals surface area (Å²) in [7, 11) is 2.20. The second-order valence-electron chi connectivity index (χ2n) is 4.28. The topological polar surface area (TPSA) is 60.0 Å². The number of hydrogen-bond donors (Lipinski definition) is 1. The van der Waals surface area contributed by atoms with Crippen LogP contribution in [0, 0.1) is 0 Å². The summed E-state index contributed by atoms with van der Waals surface area (Å²) in [6.07, 6.45) is 6.70. The molecule has 2 rings (SSSR count). The van der Waals surface area contributed by atoms with E-state index in [-0.39, 0.29) is 0 Å². The van der Waals surface area contributed by atoms with Crippen molar-refractivity contribution in [3.63, 3.8) is 0 Å². The van der Waals surface area contributed by atoms with Crippen LogP contribution in [-0.4, -0.2) is 39.5 Å². The average Bonchev–Trinajstić information content (AvgIpc) is 2.63. The number of aromatic nitrogens is 3. The van der Waals surface area contributed by atoms with E-state index in [2.05, 4.69) is 22.1 Å². The van der Waals surface area contributed by atoms with Gasteiger partial charge < -0.3 is 10.6 Å². The largest absolute Gasteiger partial charge is 0.381 e. The van der Waals surface area contributed by atoms with Crippen molar-refractivity contribution in [1.29, 1.82) is 0 Å². The quantitative estimate of drug-likeness (QED) is 0.797. The molecule has 0 amide bonds. The summed E-state index contributed by atoms with van der Waals surface area (Å²) in [5.74, 6) is 0.506. The molecule has 0 aromatic carbocycles. The van der Waals surface area contributed by atoms with Crippen molar-refractivity contribution < 1.29 is 0 Å². The third kappa shape index (κ3) is 2.68. The summed E-state index contributed by atoms with van der Waals surface area (Å²) in [6, 6.07) is 0.686. The molecule has 0 aliphatic carbocycles. The van der Waals surface area contributed by atoms with Gasteiger partial charge in [0.25, 0.3) is 0 Å². The van der Waals surface area contributed by atoms with Gasteiger partial charge >= 0.3 is 0 Å². The van der Waals surface area contributed by atoms with Gasteiger partial charge in [-0.25, -0.2) is 0 Å². The van der Waals surface area contributed by atoms with Crippen molar-refractivity contribution in [2.45, 2.75) is 38.3 Å². The maximum absolute atomic E-state index is 5.51. The molecule has 1 atom stereocenters. The summed E-state index contributed by atoms with van der Waals surface area (Å²) >= 11 is 0. The molecule has 2 heterocycles. The smallest absolute Gasteiger partial charge is 0.165 e. The first-order chi connectivity index (χ1) is 7.25. The molecule has 1 aliphatic heterocycles. The Morgan fingerprint density at radius 1 is 1.53 bits per heavy atom. The van der Waals surface area contributed by atoms with Gasteiger partial charge in [-0.15, -0.1) is 5.10 Å². The molecule has 15 heavy (non-hydrogen) atoms. The maximum atomic E-state index is 5.51. The molecule has 0 bridgehead atoms. The fourth-order valence-electron chi connectivity index (χ4n) is 2.19. The lowest BCUT2D eigenvalue weighted by atomic mass is 10.0. The molecule has 1 aromatic heterocycles. The van der Waals surface area contributed by atoms with Crippen LogP contribution in [0.1, 0.15) is 25.7 Å². The van der Waals surface area contributed by atoms with Crippen LogP contribution in [0.3, 0.4) is 0 Å². The number of hydrogen-bond acceptors (Lipinski definition) is 4. The number of aryl methyl sites for hydroxylation is 1. The van der Waals surface area contributed by atoms with Crippen molar-refractivity contribution >= 4 is 5.82 Å². The van der Waals surface area contributed by atoms with E-state index in [0.717, 1.165) is 13.0 Å². The molecule has 2 N–H and O–H groups in total. The van der Waals surface area contributed by atoms with Gasteiger partial charge in [0.1, 0.15) is 0 Å². The van der Waals surface area contributed by atoms with Crippen LogP contribution in [0.4, 0.5) is 5.82 Å². The number of piperidine rings is 1. The lowest BCUT2D eigenvalue weighted by Crippen LogP contribution is -2.36. The van der Waals surface area contributed by atoms with Crippen LogP contribution in [0.25, 0.3) is 0 Å². The van der Waals surface area contributed by atoms with Crippen LogP contribution >= 0.6 is 0 Å². The van der Waals surface area contributed by atoms with Crippen LogP contribution in [0.2, 0.25) is 0 Å². The highest BCUT2D eigenvalue weighted by Gasteiger charge is 2.18. The van der Waals surface area contributed by atoms with Crippen molar-refractivity contribution in [1.82, 2.24) is 19.9 Å². The Bertz CT molecular complexity index is 309. The zero-order valence-electron chi connectivity index (χ0n) is 9.26. The van der Waals surface area contributed by atoms with E-state index in [0.29, 0.717) is 11.9 Å². The summed E-state index contributed by atoms with van der Waals surface area (Å²) in [5, 5.41) is 8.17. The number of nitrogens with zero attached hydrogens (tertiary/aromatic N) is 4. The van der Waals surface area contributed by atoms with Gasteiger partial charge in [-0.2, -0.15) is 9.90 Å². The molecular weight excluding hydrogens is 190 g/mol. The first-order valence-electron chi connectivity index (χ1n) is 5.61. The van der Waals surface area contributed by atoms with Crippen molar-refractivity contribution in [3.8, 4) is 0 Å². The van der Waals surface area contributed by atoms with Crippen molar-refractivity contribution in [2.75, 3.05) is 19.3 Å². The van der Waals surface area contributed by atoms with E-state index in [9.17, 15) is 0 Å². The standard InChI is InChI=1S/C10H19N5/c1-14-6-3-2-4-9(14)5-7-15-12-8-10(11)13-15/h8-9H,2-7H2,1H3,(H2,11,13). The minimum absolute atomic E-state index is 0.506. The molecule has 1 aromatic rings. The third-order valence-corrected chi connectivity index (χ3v) is 3.14. The summed E-state index contributed by atoms with van der Waals surface area (Å²) in [4.78, 5) is 4.13. The zero-order valence-corrected chi connectivity index (χ0v) is 9.26. The van der Waals surface area contributed by atoms with E-state index in [1.807, 2.05) is 0 Å². The predicted octanol–water partition coefficient (Wildman–Crippen LogP) is 0.735. The van der Waals surface area contributed by atoms with E-state index in [1.54, 1.807) is 11.0 Å². The van der Waals surface area contributed by atoms with Gasteiger partial charge in [-0.1, -0.05) is 6.42 Å². The van der Waals surface area contributed by atoms with E-state index in [1.165, 1.54) is 25.8 Å². The minimum Gasteiger partial charge on any atom is -0.381 e. The Balaban J connectivity index is 1.81. The Hall–Kier alpha value is -1.10. The molecule has 5 nitrogen and oxygen atoms in total. The number of anilines is 1. The van der Waals surface area contributed by atoms with Gasteiger partial charge in [0.05, 0.1) is 12.7 Å². The highest BCUT2D eigenvalue weighted by Crippen LogP contribution is 2.17. The predicted molar refractivity (Wildman–Crippen MR) is 59.3 cm³/mol. The van der Waals surface area contributed by atoms with E-state index >= 15 is 0 Å². The fourth-order valence-corrected chi connectivity index (χ4v) is 2.19. The third-order valence-electron chi connectivity index (χ3n) is 3.14. The van der Waals surface area contributed by atoms with Gasteiger partial charge in [0, 0.05) is 6.04 Å². The Morgan fingerprint density at radius 3 is 3.07 bits per heavy atom. The van der Waals surface area contributed by atoms with Crippen molar-refractivity contribution in [2.24, 2.45) is 0 Å². The zero-order chi connectivity index (χ0) is 10.7. The molecule has 84 valence electrons. The Kier molecular flexibility index (Phi) is 3.20. The lowest BCUT2D eigenvalue weighted by Gasteiger charge is -2.32. The molecule has 0 radical (unpaired) electrons. The normalized spacial score (nSPS) is 23.1. The number of likely N-dealkylation sites (tertiary alicyclic amines) is 1. The van der Waals surface area contributed by atoms with Gasteiger partial charge in [0.15, 0.2) is 5.82 Å². The minimum atomic E-state index is 0.506. The molecule has 1 unspecified atom stereocenters. The maximum Gasteiger partial charge on any atom is 0.165 e. The lowest BCUT2D eigenvalue weighted by molar-refractivity contribution is 0.168. The molecule has 0 saturated carbocycles. The summed E-state index contributed by atoms with van der Waals surface area (Å²) < 4.78 is 0. The SMILES string of the molecule is CN1CCCCC1CCn1ncc(N)n1. The summed E-state index contributed by atoms with van der Waals surface area (Å²) in [5.41, 5.74) is 5.51. The highest BCUT2D eigenvalue weighted by molar-refractivity contribution is 5.19. The average molecular weight is 209 g/mol. The van der Waals surface area contributed by atoms with Crippen molar-refractivity contribution in [3.05, 3.63) is 6.20 Å². The van der Waals surface area contributed by atoms with Crippen LogP contribution in [-0.2, 0) is 6.54 Å². The number of nitrogens with two attached hydrogens (primary N) is 1. The second-order valence-corrected chi connectivity index (χ2v) is 4.28. The molecule has 1 aliphatic rings. The van der Waals surface area contributed by atoms with Gasteiger partial charge in [-0.05, 0) is 32.9 Å². The van der Waals surface area contributed by atoms with Crippen LogP contribution in [0.15, 0.2) is 6.20 Å². The van der Waals surface area contributed by atoms with Gasteiger partial charge in [0.2, 0.25) is 0 Å². The molecule has 0 spiro atoms. The molecule has 1 fully saturated rings. The number of rotatable bonds is 3. The first-order valence-corrected chi connectivity index (χ1v) is 5.61. The first kappa shape index (κ1) is 10.4. The molecule has 1 saturated heterocycles. The van der Waals surface area contributed by atoms with Crippen LogP contribution in [0.5, 0.6) is 0 Å². The molecule has 5 heteroatoms. The highest BCUT2D eigenvalue weighted by atomic mass is 15.5. The van der Waals surface area contributed by atoms with Gasteiger partial charge in [-0.3, -0.25) is 0 Å². The molecular formula is C10H19N5.